The van der Waals surface area contributed by atoms with Crippen molar-refractivity contribution in [2.24, 2.45) is 0 Å². The molecule has 0 atom stereocenters. The third-order valence-corrected chi connectivity index (χ3v) is 7.92. The first-order valence-electron chi connectivity index (χ1n) is 15.1. The van der Waals surface area contributed by atoms with Crippen LogP contribution in [0.25, 0.3) is 0 Å². The molecule has 0 bridgehead atoms. The topological polar surface area (TPSA) is 6.48 Å². The Morgan fingerprint density at radius 1 is 0.366 bits per heavy atom. The van der Waals surface area contributed by atoms with Gasteiger partial charge in [0.05, 0.1) is 0 Å². The summed E-state index contributed by atoms with van der Waals surface area (Å²) in [7, 11) is 0. The van der Waals surface area contributed by atoms with Gasteiger partial charge in [0.2, 0.25) is 0 Å². The molecule has 5 aromatic rings. The van der Waals surface area contributed by atoms with Gasteiger partial charge in [0.15, 0.2) is 0 Å². The maximum atomic E-state index is 2.40. The van der Waals surface area contributed by atoms with E-state index in [9.17, 15) is 0 Å². The van der Waals surface area contributed by atoms with E-state index < -0.39 is 0 Å². The van der Waals surface area contributed by atoms with Crippen molar-refractivity contribution >= 4 is 34.1 Å². The lowest BCUT2D eigenvalue weighted by Crippen LogP contribution is -2.14. The average molecular weight is 539 g/mol. The first kappa shape index (κ1) is 28.2. The normalized spacial score (nSPS) is 11.0. The van der Waals surface area contributed by atoms with Gasteiger partial charge >= 0.3 is 0 Å². The summed E-state index contributed by atoms with van der Waals surface area (Å²) < 4.78 is 0. The van der Waals surface area contributed by atoms with Crippen LogP contribution in [0.2, 0.25) is 0 Å². The number of nitrogens with zero attached hydrogens (tertiary/aromatic N) is 2. The molecule has 0 aromatic heterocycles. The molecule has 0 spiro atoms. The van der Waals surface area contributed by atoms with Crippen molar-refractivity contribution in [3.8, 4) is 0 Å². The summed E-state index contributed by atoms with van der Waals surface area (Å²) in [4.78, 5) is 4.80. The van der Waals surface area contributed by atoms with Crippen LogP contribution in [0.1, 0.15) is 55.5 Å². The van der Waals surface area contributed by atoms with Gasteiger partial charge in [0.1, 0.15) is 0 Å². The molecule has 0 fully saturated rings. The fourth-order valence-electron chi connectivity index (χ4n) is 5.49. The van der Waals surface area contributed by atoms with E-state index >= 15 is 0 Å². The highest BCUT2D eigenvalue weighted by atomic mass is 15.2. The Bertz CT molecular complexity index is 1460. The minimum Gasteiger partial charge on any atom is -0.310 e. The van der Waals surface area contributed by atoms with E-state index in [-0.39, 0.29) is 0 Å². The van der Waals surface area contributed by atoms with Gasteiger partial charge in [-0.2, -0.15) is 0 Å². The second-order valence-corrected chi connectivity index (χ2v) is 10.8. The molecule has 0 saturated heterocycles. The zero-order valence-corrected chi connectivity index (χ0v) is 25.2. The summed E-state index contributed by atoms with van der Waals surface area (Å²) >= 11 is 0. The van der Waals surface area contributed by atoms with E-state index in [1.54, 1.807) is 0 Å². The van der Waals surface area contributed by atoms with E-state index in [0.29, 0.717) is 0 Å². The van der Waals surface area contributed by atoms with Crippen LogP contribution < -0.4 is 9.80 Å². The van der Waals surface area contributed by atoms with Crippen molar-refractivity contribution in [1.82, 2.24) is 0 Å². The highest BCUT2D eigenvalue weighted by molar-refractivity contribution is 5.84. The van der Waals surface area contributed by atoms with Gasteiger partial charge < -0.3 is 9.80 Å². The van der Waals surface area contributed by atoms with Crippen LogP contribution in [0.5, 0.6) is 0 Å². The summed E-state index contributed by atoms with van der Waals surface area (Å²) in [5.74, 6) is 0. The zero-order chi connectivity index (χ0) is 28.8. The number of anilines is 6. The molecule has 0 unspecified atom stereocenters. The maximum Gasteiger partial charge on any atom is 0.0485 e. The molecule has 0 aliphatic rings. The maximum absolute atomic E-state index is 2.40. The summed E-state index contributed by atoms with van der Waals surface area (Å²) in [5.41, 5.74) is 13.6. The Morgan fingerprint density at radius 2 is 0.756 bits per heavy atom. The molecule has 5 aromatic carbocycles. The van der Waals surface area contributed by atoms with Crippen LogP contribution >= 0.6 is 0 Å². The lowest BCUT2D eigenvalue weighted by Gasteiger charge is -2.30. The van der Waals surface area contributed by atoms with Crippen molar-refractivity contribution < 1.29 is 0 Å². The molecule has 0 aliphatic heterocycles. The summed E-state index contributed by atoms with van der Waals surface area (Å²) in [6.45, 7) is 11.1. The Hall–Kier alpha value is -4.30. The molecule has 0 N–H and O–H groups in total. The molecule has 41 heavy (non-hydrogen) atoms. The van der Waals surface area contributed by atoms with Gasteiger partial charge in [-0.25, -0.2) is 0 Å². The fourth-order valence-corrected chi connectivity index (χ4v) is 5.49. The highest BCUT2D eigenvalue weighted by Gasteiger charge is 2.18. The van der Waals surface area contributed by atoms with Crippen molar-refractivity contribution in [3.63, 3.8) is 0 Å². The predicted molar refractivity (Wildman–Crippen MR) is 178 cm³/mol. The number of benzene rings is 5. The fraction of sp³-hybridized carbons (Fsp3) is 0.231. The molecule has 0 aliphatic carbocycles. The summed E-state index contributed by atoms with van der Waals surface area (Å²) in [6, 6.07) is 42.8. The summed E-state index contributed by atoms with van der Waals surface area (Å²) in [5, 5.41) is 0. The van der Waals surface area contributed by atoms with Gasteiger partial charge in [-0.1, -0.05) is 76.2 Å². The number of aryl methyl sites for hydroxylation is 5. The quantitative estimate of drug-likeness (QED) is 0.174. The lowest BCUT2D eigenvalue weighted by molar-refractivity contribution is 1.12. The van der Waals surface area contributed by atoms with E-state index in [1.165, 1.54) is 50.6 Å². The van der Waals surface area contributed by atoms with Crippen molar-refractivity contribution in [2.75, 3.05) is 9.80 Å². The van der Waals surface area contributed by atoms with Gasteiger partial charge in [-0.05, 0) is 127 Å². The molecule has 0 radical (unpaired) electrons. The zero-order valence-electron chi connectivity index (χ0n) is 25.2. The smallest absolute Gasteiger partial charge is 0.0485 e. The van der Waals surface area contributed by atoms with Gasteiger partial charge in [-0.3, -0.25) is 0 Å². The Labute approximate surface area is 246 Å². The standard InChI is InChI=1S/C39H42N2/c1-6-30-16-20-34(21-17-30)40(36-14-10-12-32(8-3)26-36)38-24-29(5)25-39(28-38)41(35-22-18-31(7-2)19-23-35)37-15-11-13-33(9-4)27-37/h10-28H,6-9H2,1-5H3. The molecule has 2 nitrogen and oxygen atoms in total. The molecular weight excluding hydrogens is 496 g/mol. The first-order valence-corrected chi connectivity index (χ1v) is 15.1. The molecule has 2 heteroatoms. The monoisotopic (exact) mass is 538 g/mol. The second-order valence-electron chi connectivity index (χ2n) is 10.8. The van der Waals surface area contributed by atoms with Crippen LogP contribution in [0, 0.1) is 6.92 Å². The minimum absolute atomic E-state index is 1.00. The molecular formula is C39H42N2. The van der Waals surface area contributed by atoms with Crippen LogP contribution in [0.3, 0.4) is 0 Å². The van der Waals surface area contributed by atoms with Crippen molar-refractivity contribution in [2.45, 2.75) is 60.3 Å². The van der Waals surface area contributed by atoms with Crippen molar-refractivity contribution in [1.29, 1.82) is 0 Å². The van der Waals surface area contributed by atoms with E-state index in [2.05, 4.69) is 160 Å². The third kappa shape index (κ3) is 6.38. The SMILES string of the molecule is CCc1ccc(N(c2cccc(CC)c2)c2cc(C)cc(N(c3ccc(CC)cc3)c3cccc(CC)c3)c2)cc1. The molecule has 0 heterocycles. The molecule has 208 valence electrons. The molecule has 5 rings (SSSR count). The van der Waals surface area contributed by atoms with Crippen LogP contribution in [-0.4, -0.2) is 0 Å². The third-order valence-electron chi connectivity index (χ3n) is 7.92. The number of hydrogen-bond donors (Lipinski definition) is 0. The molecule has 0 amide bonds. The summed E-state index contributed by atoms with van der Waals surface area (Å²) in [6.07, 6.45) is 4.07. The average Bonchev–Trinajstić information content (AvgIpc) is 3.02. The van der Waals surface area contributed by atoms with Gasteiger partial charge in [-0.15, -0.1) is 0 Å². The Balaban J connectivity index is 1.70. The van der Waals surface area contributed by atoms with Gasteiger partial charge in [0, 0.05) is 34.1 Å². The van der Waals surface area contributed by atoms with Crippen LogP contribution in [-0.2, 0) is 25.7 Å². The minimum atomic E-state index is 1.00. The van der Waals surface area contributed by atoms with E-state index in [0.717, 1.165) is 37.1 Å². The second kappa shape index (κ2) is 12.9. The molecule has 0 saturated carbocycles. The van der Waals surface area contributed by atoms with E-state index in [1.807, 2.05) is 0 Å². The number of hydrogen-bond acceptors (Lipinski definition) is 2. The van der Waals surface area contributed by atoms with Crippen LogP contribution in [0.4, 0.5) is 34.1 Å². The largest absolute Gasteiger partial charge is 0.310 e. The predicted octanol–water partition coefficient (Wildman–Crippen LogP) is 11.2. The van der Waals surface area contributed by atoms with Crippen LogP contribution in [0.15, 0.2) is 115 Å². The lowest BCUT2D eigenvalue weighted by atomic mass is 10.1. The van der Waals surface area contributed by atoms with Crippen molar-refractivity contribution in [3.05, 3.63) is 143 Å². The number of rotatable bonds is 10. The Morgan fingerprint density at radius 3 is 1.12 bits per heavy atom. The first-order chi connectivity index (χ1) is 20.0. The van der Waals surface area contributed by atoms with Gasteiger partial charge in [0.25, 0.3) is 0 Å². The Kier molecular flexibility index (Phi) is 8.89. The van der Waals surface area contributed by atoms with E-state index in [4.69, 9.17) is 0 Å². The highest BCUT2D eigenvalue weighted by Crippen LogP contribution is 2.41.